The maximum absolute atomic E-state index is 10.5. The van der Waals surface area contributed by atoms with Crippen molar-refractivity contribution in [2.24, 2.45) is 5.92 Å². The van der Waals surface area contributed by atoms with Crippen LogP contribution in [-0.2, 0) is 6.42 Å². The molecule has 0 aromatic heterocycles. The lowest BCUT2D eigenvalue weighted by atomic mass is 9.68. The van der Waals surface area contributed by atoms with Crippen molar-refractivity contribution < 1.29 is 9.84 Å². The van der Waals surface area contributed by atoms with Gasteiger partial charge in [-0.05, 0) is 57.7 Å². The Morgan fingerprint density at radius 1 is 1.35 bits per heavy atom. The van der Waals surface area contributed by atoms with Crippen LogP contribution in [0, 0.1) is 5.92 Å². The van der Waals surface area contributed by atoms with E-state index < -0.39 is 0 Å². The number of aromatic hydroxyl groups is 1. The molecule has 108 valence electrons. The van der Waals surface area contributed by atoms with Gasteiger partial charge in [0.2, 0.25) is 0 Å². The van der Waals surface area contributed by atoms with Crippen LogP contribution in [0.25, 0.3) is 0 Å². The van der Waals surface area contributed by atoms with Gasteiger partial charge in [0.25, 0.3) is 0 Å². The van der Waals surface area contributed by atoms with E-state index in [0.29, 0.717) is 11.7 Å². The van der Waals surface area contributed by atoms with Crippen molar-refractivity contribution in [2.45, 2.75) is 58.5 Å². The second-order valence-corrected chi connectivity index (χ2v) is 6.77. The highest BCUT2D eigenvalue weighted by Gasteiger charge is 2.45. The summed E-state index contributed by atoms with van der Waals surface area (Å²) in [6.07, 6.45) is 5.52. The predicted octanol–water partition coefficient (Wildman–Crippen LogP) is 4.57. The van der Waals surface area contributed by atoms with Crippen molar-refractivity contribution in [1.29, 1.82) is 0 Å². The molecular formula is C18H24O2. The Labute approximate surface area is 121 Å². The molecule has 2 nitrogen and oxygen atoms in total. The fourth-order valence-corrected chi connectivity index (χ4v) is 3.78. The summed E-state index contributed by atoms with van der Waals surface area (Å²) < 4.78 is 6.26. The normalized spacial score (nSPS) is 27.1. The highest BCUT2D eigenvalue weighted by atomic mass is 16.5. The van der Waals surface area contributed by atoms with Crippen LogP contribution < -0.4 is 4.74 Å². The first-order chi connectivity index (χ1) is 9.42. The summed E-state index contributed by atoms with van der Waals surface area (Å²) >= 11 is 0. The quantitative estimate of drug-likeness (QED) is 0.759. The van der Waals surface area contributed by atoms with Crippen LogP contribution in [0.4, 0.5) is 0 Å². The standard InChI is InChI=1S/C18H24O2/c1-5-12-9-15(19)17-13-8-11(2)6-7-14(13)18(3,4)20-16(17)10-12/h8-10,13-14,19H,5-7H2,1-4H3/t13-,14-/m0/s1. The molecule has 1 aromatic rings. The SMILES string of the molecule is CCc1cc(O)c2c(c1)OC(C)(C)[C@H]1CCC(C)=C[C@H]21. The first-order valence-electron chi connectivity index (χ1n) is 7.64. The lowest BCUT2D eigenvalue weighted by Crippen LogP contribution is -2.45. The lowest BCUT2D eigenvalue weighted by molar-refractivity contribution is 0.0107. The van der Waals surface area contributed by atoms with Gasteiger partial charge < -0.3 is 9.84 Å². The molecule has 2 heteroatoms. The Bertz CT molecular complexity index is 569. The Hall–Kier alpha value is -1.44. The maximum Gasteiger partial charge on any atom is 0.127 e. The number of phenolic OH excluding ortho intramolecular Hbond substituents is 1. The average molecular weight is 272 g/mol. The average Bonchev–Trinajstić information content (AvgIpc) is 2.36. The van der Waals surface area contributed by atoms with Crippen molar-refractivity contribution in [2.75, 3.05) is 0 Å². The molecule has 20 heavy (non-hydrogen) atoms. The third kappa shape index (κ3) is 2.02. The predicted molar refractivity (Wildman–Crippen MR) is 81.4 cm³/mol. The van der Waals surface area contributed by atoms with Crippen molar-refractivity contribution >= 4 is 0 Å². The van der Waals surface area contributed by atoms with E-state index in [4.69, 9.17) is 4.74 Å². The molecular weight excluding hydrogens is 248 g/mol. The molecule has 3 rings (SSSR count). The summed E-state index contributed by atoms with van der Waals surface area (Å²) in [6, 6.07) is 4.00. The minimum atomic E-state index is -0.173. The minimum Gasteiger partial charge on any atom is -0.507 e. The summed E-state index contributed by atoms with van der Waals surface area (Å²) in [6.45, 7) is 8.65. The molecule has 1 aliphatic carbocycles. The zero-order valence-electron chi connectivity index (χ0n) is 12.9. The summed E-state index contributed by atoms with van der Waals surface area (Å²) in [5, 5.41) is 10.5. The molecule has 0 spiro atoms. The minimum absolute atomic E-state index is 0.173. The van der Waals surface area contributed by atoms with Crippen molar-refractivity contribution in [1.82, 2.24) is 0 Å². The molecule has 2 aliphatic rings. The molecule has 1 aromatic carbocycles. The summed E-state index contributed by atoms with van der Waals surface area (Å²) in [7, 11) is 0. The van der Waals surface area contributed by atoms with Crippen LogP contribution in [0.3, 0.4) is 0 Å². The number of rotatable bonds is 1. The number of ether oxygens (including phenoxy) is 1. The maximum atomic E-state index is 10.5. The summed E-state index contributed by atoms with van der Waals surface area (Å²) in [4.78, 5) is 0. The Morgan fingerprint density at radius 3 is 2.80 bits per heavy atom. The van der Waals surface area contributed by atoms with E-state index in [1.54, 1.807) is 0 Å². The molecule has 0 bridgehead atoms. The number of phenols is 1. The van der Waals surface area contributed by atoms with Gasteiger partial charge in [0.15, 0.2) is 0 Å². The van der Waals surface area contributed by atoms with Gasteiger partial charge in [0.05, 0.1) is 0 Å². The van der Waals surface area contributed by atoms with E-state index in [9.17, 15) is 5.11 Å². The van der Waals surface area contributed by atoms with Crippen LogP contribution in [-0.4, -0.2) is 10.7 Å². The Balaban J connectivity index is 2.18. The largest absolute Gasteiger partial charge is 0.507 e. The van der Waals surface area contributed by atoms with Crippen molar-refractivity contribution in [3.05, 3.63) is 34.9 Å². The highest BCUT2D eigenvalue weighted by Crippen LogP contribution is 2.53. The number of hydrogen-bond donors (Lipinski definition) is 1. The molecule has 0 saturated carbocycles. The Morgan fingerprint density at radius 2 is 2.10 bits per heavy atom. The van der Waals surface area contributed by atoms with Gasteiger partial charge in [-0.2, -0.15) is 0 Å². The molecule has 1 N–H and O–H groups in total. The summed E-state index contributed by atoms with van der Waals surface area (Å²) in [5.41, 5.74) is 3.37. The fourth-order valence-electron chi connectivity index (χ4n) is 3.78. The van der Waals surface area contributed by atoms with Gasteiger partial charge in [0, 0.05) is 17.4 Å². The van der Waals surface area contributed by atoms with Crippen LogP contribution in [0.15, 0.2) is 23.8 Å². The van der Waals surface area contributed by atoms with Crippen molar-refractivity contribution in [3.8, 4) is 11.5 Å². The van der Waals surface area contributed by atoms with E-state index in [1.807, 2.05) is 6.07 Å². The smallest absolute Gasteiger partial charge is 0.127 e. The van der Waals surface area contributed by atoms with Crippen LogP contribution >= 0.6 is 0 Å². The van der Waals surface area contributed by atoms with Gasteiger partial charge in [-0.3, -0.25) is 0 Å². The monoisotopic (exact) mass is 272 g/mol. The third-order valence-corrected chi connectivity index (χ3v) is 4.93. The van der Waals surface area contributed by atoms with Crippen molar-refractivity contribution in [3.63, 3.8) is 0 Å². The molecule has 0 saturated heterocycles. The molecule has 0 amide bonds. The molecule has 0 unspecified atom stereocenters. The van der Waals surface area contributed by atoms with Gasteiger partial charge in [-0.1, -0.05) is 18.6 Å². The number of benzene rings is 1. The topological polar surface area (TPSA) is 29.5 Å². The number of hydrogen-bond acceptors (Lipinski definition) is 2. The molecule has 2 atom stereocenters. The first kappa shape index (κ1) is 13.5. The lowest BCUT2D eigenvalue weighted by Gasteiger charge is -2.46. The molecule has 1 heterocycles. The fraction of sp³-hybridized carbons (Fsp3) is 0.556. The highest BCUT2D eigenvalue weighted by molar-refractivity contribution is 5.53. The Kier molecular flexibility index (Phi) is 3.07. The van der Waals surface area contributed by atoms with E-state index in [1.165, 1.54) is 5.57 Å². The first-order valence-corrected chi connectivity index (χ1v) is 7.64. The zero-order valence-corrected chi connectivity index (χ0v) is 12.9. The second-order valence-electron chi connectivity index (χ2n) is 6.77. The molecule has 1 aliphatic heterocycles. The van der Waals surface area contributed by atoms with E-state index in [2.05, 4.69) is 39.8 Å². The third-order valence-electron chi connectivity index (χ3n) is 4.93. The van der Waals surface area contributed by atoms with Crippen LogP contribution in [0.2, 0.25) is 0 Å². The number of aryl methyl sites for hydroxylation is 1. The van der Waals surface area contributed by atoms with Crippen LogP contribution in [0.5, 0.6) is 11.5 Å². The van der Waals surface area contributed by atoms with Gasteiger partial charge in [-0.15, -0.1) is 0 Å². The molecule has 0 radical (unpaired) electrons. The zero-order chi connectivity index (χ0) is 14.5. The van der Waals surface area contributed by atoms with E-state index >= 15 is 0 Å². The van der Waals surface area contributed by atoms with E-state index in [-0.39, 0.29) is 11.5 Å². The number of fused-ring (bicyclic) bond motifs is 3. The van der Waals surface area contributed by atoms with Gasteiger partial charge >= 0.3 is 0 Å². The van der Waals surface area contributed by atoms with E-state index in [0.717, 1.165) is 36.1 Å². The number of allylic oxidation sites excluding steroid dienone is 2. The summed E-state index contributed by atoms with van der Waals surface area (Å²) in [5.74, 6) is 2.00. The second kappa shape index (κ2) is 4.54. The van der Waals surface area contributed by atoms with Gasteiger partial charge in [-0.25, -0.2) is 0 Å². The molecule has 0 fully saturated rings. The van der Waals surface area contributed by atoms with Gasteiger partial charge in [0.1, 0.15) is 17.1 Å². The van der Waals surface area contributed by atoms with Crippen LogP contribution in [0.1, 0.15) is 57.6 Å².